The van der Waals surface area contributed by atoms with Crippen LogP contribution in [0.2, 0.25) is 0 Å². The van der Waals surface area contributed by atoms with E-state index in [1.54, 1.807) is 11.3 Å². The van der Waals surface area contributed by atoms with E-state index >= 15 is 0 Å². The smallest absolute Gasteiger partial charge is 0.0701 e. The van der Waals surface area contributed by atoms with Crippen LogP contribution >= 0.6 is 27.3 Å². The van der Waals surface area contributed by atoms with Crippen LogP contribution in [0.3, 0.4) is 0 Å². The summed E-state index contributed by atoms with van der Waals surface area (Å²) in [5, 5.41) is 5.69. The Labute approximate surface area is 132 Å². The molecule has 2 aromatic rings. The van der Waals surface area contributed by atoms with Gasteiger partial charge in [-0.2, -0.15) is 0 Å². The van der Waals surface area contributed by atoms with E-state index in [0.717, 1.165) is 13.1 Å². The van der Waals surface area contributed by atoms with E-state index in [1.807, 2.05) is 0 Å². The van der Waals surface area contributed by atoms with Gasteiger partial charge in [0.1, 0.15) is 0 Å². The summed E-state index contributed by atoms with van der Waals surface area (Å²) in [5.74, 6) is 0. The fraction of sp³-hybridized carbons (Fsp3) is 0.375. The summed E-state index contributed by atoms with van der Waals surface area (Å²) in [6, 6.07) is 11.0. The first-order valence-electron chi connectivity index (χ1n) is 7.08. The number of benzene rings is 1. The summed E-state index contributed by atoms with van der Waals surface area (Å²) in [6.45, 7) is 4.47. The first-order chi connectivity index (χ1) is 9.79. The van der Waals surface area contributed by atoms with Gasteiger partial charge in [0, 0.05) is 18.8 Å². The highest BCUT2D eigenvalue weighted by Gasteiger charge is 2.11. The van der Waals surface area contributed by atoms with Crippen LogP contribution in [-0.4, -0.2) is 18.0 Å². The van der Waals surface area contributed by atoms with Crippen molar-refractivity contribution in [1.29, 1.82) is 0 Å². The van der Waals surface area contributed by atoms with Gasteiger partial charge >= 0.3 is 0 Å². The maximum Gasteiger partial charge on any atom is 0.0701 e. The average molecular weight is 351 g/mol. The second kappa shape index (κ2) is 6.74. The van der Waals surface area contributed by atoms with E-state index in [9.17, 15) is 0 Å². The average Bonchev–Trinajstić information content (AvgIpc) is 3.09. The molecule has 0 spiro atoms. The van der Waals surface area contributed by atoms with Crippen LogP contribution in [0.1, 0.15) is 24.0 Å². The molecule has 0 amide bonds. The Balaban J connectivity index is 1.58. The van der Waals surface area contributed by atoms with E-state index in [0.29, 0.717) is 0 Å². The fourth-order valence-electron chi connectivity index (χ4n) is 2.62. The van der Waals surface area contributed by atoms with Crippen molar-refractivity contribution in [3.8, 4) is 0 Å². The summed E-state index contributed by atoms with van der Waals surface area (Å²) < 4.78 is 1.19. The standard InChI is InChI=1S/C16H19BrN2S/c17-16-9-14(12-20-16)10-18-15-5-3-4-13(8-15)11-19-6-1-2-7-19/h3-5,8-9,12,18H,1-2,6-7,10-11H2. The van der Waals surface area contributed by atoms with Crippen molar-refractivity contribution in [2.24, 2.45) is 0 Å². The molecular formula is C16H19BrN2S. The maximum absolute atomic E-state index is 3.51. The SMILES string of the molecule is Brc1cc(CNc2cccc(CN3CCCC3)c2)cs1. The molecule has 1 aromatic heterocycles. The minimum atomic E-state index is 0.884. The number of halogens is 1. The lowest BCUT2D eigenvalue weighted by molar-refractivity contribution is 0.331. The van der Waals surface area contributed by atoms with Crippen LogP contribution in [0.5, 0.6) is 0 Å². The van der Waals surface area contributed by atoms with Gasteiger partial charge in [0.15, 0.2) is 0 Å². The molecule has 1 N–H and O–H groups in total. The lowest BCUT2D eigenvalue weighted by Crippen LogP contribution is -2.18. The number of hydrogen-bond donors (Lipinski definition) is 1. The fourth-order valence-corrected chi connectivity index (χ4v) is 3.83. The summed E-state index contributed by atoms with van der Waals surface area (Å²) in [5.41, 5.74) is 3.94. The molecule has 2 heterocycles. The zero-order chi connectivity index (χ0) is 13.8. The van der Waals surface area contributed by atoms with E-state index in [-0.39, 0.29) is 0 Å². The van der Waals surface area contributed by atoms with Crippen LogP contribution in [0.25, 0.3) is 0 Å². The molecule has 1 saturated heterocycles. The molecule has 20 heavy (non-hydrogen) atoms. The van der Waals surface area contributed by atoms with Crippen LogP contribution in [0.4, 0.5) is 5.69 Å². The summed E-state index contributed by atoms with van der Waals surface area (Å²) >= 11 is 5.24. The third kappa shape index (κ3) is 3.84. The zero-order valence-corrected chi connectivity index (χ0v) is 13.8. The van der Waals surface area contributed by atoms with Crippen molar-refractivity contribution in [1.82, 2.24) is 4.90 Å². The summed E-state index contributed by atoms with van der Waals surface area (Å²) in [7, 11) is 0. The quantitative estimate of drug-likeness (QED) is 0.839. The van der Waals surface area contributed by atoms with Gasteiger partial charge in [-0.3, -0.25) is 4.90 Å². The number of thiophene rings is 1. The largest absolute Gasteiger partial charge is 0.381 e. The highest BCUT2D eigenvalue weighted by atomic mass is 79.9. The highest BCUT2D eigenvalue weighted by Crippen LogP contribution is 2.22. The van der Waals surface area contributed by atoms with Gasteiger partial charge in [0.05, 0.1) is 3.79 Å². The summed E-state index contributed by atoms with van der Waals surface area (Å²) in [4.78, 5) is 2.54. The van der Waals surface area contributed by atoms with Gasteiger partial charge in [0.25, 0.3) is 0 Å². The Kier molecular flexibility index (Phi) is 4.76. The monoisotopic (exact) mass is 350 g/mol. The topological polar surface area (TPSA) is 15.3 Å². The molecule has 0 aliphatic carbocycles. The van der Waals surface area contributed by atoms with Crippen LogP contribution in [0, 0.1) is 0 Å². The minimum Gasteiger partial charge on any atom is -0.381 e. The van der Waals surface area contributed by atoms with Gasteiger partial charge in [0.2, 0.25) is 0 Å². The van der Waals surface area contributed by atoms with Crippen LogP contribution in [0.15, 0.2) is 39.5 Å². The van der Waals surface area contributed by atoms with Gasteiger partial charge in [-0.05, 0) is 76.6 Å². The van der Waals surface area contributed by atoms with Gasteiger partial charge in [-0.1, -0.05) is 12.1 Å². The molecule has 1 aliphatic rings. The number of hydrogen-bond acceptors (Lipinski definition) is 3. The number of nitrogens with zero attached hydrogens (tertiary/aromatic N) is 1. The predicted molar refractivity (Wildman–Crippen MR) is 90.3 cm³/mol. The molecule has 1 aliphatic heterocycles. The van der Waals surface area contributed by atoms with Crippen molar-refractivity contribution >= 4 is 33.0 Å². The van der Waals surface area contributed by atoms with E-state index in [2.05, 4.69) is 61.9 Å². The molecule has 0 radical (unpaired) electrons. The zero-order valence-electron chi connectivity index (χ0n) is 11.4. The Morgan fingerprint density at radius 3 is 2.75 bits per heavy atom. The van der Waals surface area contributed by atoms with Crippen molar-refractivity contribution in [2.75, 3.05) is 18.4 Å². The molecule has 0 bridgehead atoms. The van der Waals surface area contributed by atoms with Crippen molar-refractivity contribution in [3.63, 3.8) is 0 Å². The van der Waals surface area contributed by atoms with Crippen LogP contribution in [-0.2, 0) is 13.1 Å². The normalized spacial score (nSPS) is 15.7. The Bertz CT molecular complexity index is 561. The predicted octanol–water partition coefficient (Wildman–Crippen LogP) is 4.72. The molecule has 0 saturated carbocycles. The molecule has 1 fully saturated rings. The van der Waals surface area contributed by atoms with E-state index in [4.69, 9.17) is 0 Å². The Morgan fingerprint density at radius 1 is 1.15 bits per heavy atom. The first-order valence-corrected chi connectivity index (χ1v) is 8.75. The van der Waals surface area contributed by atoms with E-state index < -0.39 is 0 Å². The van der Waals surface area contributed by atoms with E-state index in [1.165, 1.54) is 46.5 Å². The van der Waals surface area contributed by atoms with Crippen LogP contribution < -0.4 is 5.32 Å². The number of nitrogens with one attached hydrogen (secondary N) is 1. The number of rotatable bonds is 5. The maximum atomic E-state index is 3.51. The molecule has 3 rings (SSSR count). The number of likely N-dealkylation sites (tertiary alicyclic amines) is 1. The minimum absolute atomic E-state index is 0.884. The molecule has 0 atom stereocenters. The molecule has 4 heteroatoms. The van der Waals surface area contributed by atoms with Gasteiger partial charge in [-0.15, -0.1) is 11.3 Å². The Morgan fingerprint density at radius 2 is 2.00 bits per heavy atom. The molecule has 0 unspecified atom stereocenters. The number of anilines is 1. The third-order valence-electron chi connectivity index (χ3n) is 3.65. The van der Waals surface area contributed by atoms with Crippen molar-refractivity contribution in [3.05, 3.63) is 50.6 Å². The van der Waals surface area contributed by atoms with Gasteiger partial charge in [-0.25, -0.2) is 0 Å². The second-order valence-corrected chi connectivity index (χ2v) is 7.59. The summed E-state index contributed by atoms with van der Waals surface area (Å²) in [6.07, 6.45) is 2.70. The van der Waals surface area contributed by atoms with Crippen molar-refractivity contribution < 1.29 is 0 Å². The second-order valence-electron chi connectivity index (χ2n) is 5.30. The van der Waals surface area contributed by atoms with Gasteiger partial charge < -0.3 is 5.32 Å². The van der Waals surface area contributed by atoms with Crippen molar-refractivity contribution in [2.45, 2.75) is 25.9 Å². The molecule has 106 valence electrons. The molecular weight excluding hydrogens is 332 g/mol. The molecule has 1 aromatic carbocycles. The lowest BCUT2D eigenvalue weighted by atomic mass is 10.2. The first kappa shape index (κ1) is 14.1. The highest BCUT2D eigenvalue weighted by molar-refractivity contribution is 9.11. The third-order valence-corrected chi connectivity index (χ3v) is 5.20. The molecule has 2 nitrogen and oxygen atoms in total. The lowest BCUT2D eigenvalue weighted by Gasteiger charge is -2.15. The Hall–Kier alpha value is -0.840.